The Bertz CT molecular complexity index is 810. The molecule has 0 spiro atoms. The van der Waals surface area contributed by atoms with Crippen molar-refractivity contribution in [2.75, 3.05) is 0 Å². The van der Waals surface area contributed by atoms with E-state index >= 15 is 0 Å². The first kappa shape index (κ1) is 16.7. The van der Waals surface area contributed by atoms with Gasteiger partial charge in [-0.3, -0.25) is 19.6 Å². The number of amides is 2. The zero-order valence-electron chi connectivity index (χ0n) is 14.8. The number of carbonyl (C=O) groups is 2. The van der Waals surface area contributed by atoms with Gasteiger partial charge in [0.25, 0.3) is 11.8 Å². The highest BCUT2D eigenvalue weighted by Gasteiger charge is 2.44. The first-order valence-corrected chi connectivity index (χ1v) is 9.07. The molecule has 0 aliphatic carbocycles. The second-order valence-electron chi connectivity index (χ2n) is 7.17. The van der Waals surface area contributed by atoms with Crippen LogP contribution in [-0.4, -0.2) is 44.8 Å². The van der Waals surface area contributed by atoms with E-state index in [9.17, 15) is 9.59 Å². The van der Waals surface area contributed by atoms with Crippen molar-refractivity contribution in [1.29, 1.82) is 0 Å². The molecule has 4 heterocycles. The summed E-state index contributed by atoms with van der Waals surface area (Å²) in [5.74, 6) is 0.00157. The van der Waals surface area contributed by atoms with Gasteiger partial charge < -0.3 is 10.2 Å². The molecular weight excluding hydrogens is 328 g/mol. The van der Waals surface area contributed by atoms with Gasteiger partial charge >= 0.3 is 0 Å². The molecule has 134 valence electrons. The second kappa shape index (κ2) is 6.86. The van der Waals surface area contributed by atoms with Crippen molar-refractivity contribution in [3.63, 3.8) is 0 Å². The molecule has 0 radical (unpaired) electrons. The fraction of sp³-hybridized carbons (Fsp3) is 0.400. The lowest BCUT2D eigenvalue weighted by molar-refractivity contribution is 0.0548. The van der Waals surface area contributed by atoms with E-state index in [1.807, 2.05) is 17.9 Å². The van der Waals surface area contributed by atoms with Crippen molar-refractivity contribution < 1.29 is 9.59 Å². The van der Waals surface area contributed by atoms with Gasteiger partial charge in [0, 0.05) is 48.5 Å². The molecule has 1 unspecified atom stereocenters. The van der Waals surface area contributed by atoms with Gasteiger partial charge in [0.05, 0.1) is 5.56 Å². The second-order valence-corrected chi connectivity index (χ2v) is 7.17. The number of nitrogens with one attached hydrogen (secondary N) is 1. The molecule has 2 amide bonds. The lowest BCUT2D eigenvalue weighted by Gasteiger charge is -2.39. The molecule has 26 heavy (non-hydrogen) atoms. The normalized spacial score (nSPS) is 24.3. The number of hydrogen-bond donors (Lipinski definition) is 1. The lowest BCUT2D eigenvalue weighted by atomic mass is 9.95. The van der Waals surface area contributed by atoms with Crippen LogP contribution in [0.15, 0.2) is 43.0 Å². The molecule has 1 N–H and O–H groups in total. The molecule has 6 heteroatoms. The molecule has 2 aliphatic heterocycles. The number of nitrogens with zero attached hydrogens (tertiary/aromatic N) is 3. The number of piperidine rings is 1. The predicted molar refractivity (Wildman–Crippen MR) is 96.7 cm³/mol. The molecule has 0 saturated carbocycles. The van der Waals surface area contributed by atoms with Crippen LogP contribution in [0.25, 0.3) is 0 Å². The van der Waals surface area contributed by atoms with E-state index in [0.717, 1.165) is 31.2 Å². The highest BCUT2D eigenvalue weighted by Crippen LogP contribution is 2.37. The highest BCUT2D eigenvalue weighted by atomic mass is 16.2. The number of aryl methyl sites for hydroxylation is 1. The number of carbonyl (C=O) groups excluding carboxylic acids is 2. The zero-order chi connectivity index (χ0) is 18.1. The Balaban J connectivity index is 1.45. The lowest BCUT2D eigenvalue weighted by Crippen LogP contribution is -2.52. The molecule has 2 aromatic rings. The minimum absolute atomic E-state index is 0.0697. The number of pyridine rings is 2. The van der Waals surface area contributed by atoms with Crippen LogP contribution >= 0.6 is 0 Å². The van der Waals surface area contributed by atoms with Gasteiger partial charge in [-0.15, -0.1) is 0 Å². The van der Waals surface area contributed by atoms with Crippen LogP contribution in [0.5, 0.6) is 0 Å². The molecule has 2 fully saturated rings. The van der Waals surface area contributed by atoms with Crippen LogP contribution in [0.3, 0.4) is 0 Å². The summed E-state index contributed by atoms with van der Waals surface area (Å²) >= 11 is 0. The number of hydrogen-bond acceptors (Lipinski definition) is 4. The molecule has 2 aliphatic rings. The van der Waals surface area contributed by atoms with Gasteiger partial charge in [-0.05, 0) is 56.4 Å². The highest BCUT2D eigenvalue weighted by molar-refractivity contribution is 5.96. The molecule has 2 aromatic heterocycles. The molecule has 4 rings (SSSR count). The van der Waals surface area contributed by atoms with Gasteiger partial charge in [-0.2, -0.15) is 0 Å². The first-order chi connectivity index (χ1) is 12.6. The minimum atomic E-state index is -0.0697. The van der Waals surface area contributed by atoms with Crippen LogP contribution in [0, 0.1) is 6.92 Å². The van der Waals surface area contributed by atoms with E-state index in [-0.39, 0.29) is 29.9 Å². The number of aromatic nitrogens is 2. The fourth-order valence-corrected chi connectivity index (χ4v) is 4.23. The summed E-state index contributed by atoms with van der Waals surface area (Å²) in [6.07, 6.45) is 10.2. The molecule has 0 aromatic carbocycles. The van der Waals surface area contributed by atoms with Gasteiger partial charge in [0.2, 0.25) is 0 Å². The van der Waals surface area contributed by atoms with Crippen LogP contribution in [0.4, 0.5) is 0 Å². The molecule has 3 atom stereocenters. The van der Waals surface area contributed by atoms with Crippen molar-refractivity contribution in [1.82, 2.24) is 20.2 Å². The van der Waals surface area contributed by atoms with E-state index in [1.165, 1.54) is 0 Å². The Kier molecular flexibility index (Phi) is 4.41. The smallest absolute Gasteiger partial charge is 0.256 e. The van der Waals surface area contributed by atoms with Gasteiger partial charge in [0.1, 0.15) is 0 Å². The summed E-state index contributed by atoms with van der Waals surface area (Å²) in [4.78, 5) is 35.5. The van der Waals surface area contributed by atoms with Gasteiger partial charge in [-0.25, -0.2) is 0 Å². The summed E-state index contributed by atoms with van der Waals surface area (Å²) in [6.45, 7) is 1.94. The minimum Gasteiger partial charge on any atom is -0.349 e. The molecular formula is C20H22N4O2. The van der Waals surface area contributed by atoms with Gasteiger partial charge in [0.15, 0.2) is 0 Å². The largest absolute Gasteiger partial charge is 0.349 e. The van der Waals surface area contributed by atoms with Crippen molar-refractivity contribution >= 4 is 11.8 Å². The summed E-state index contributed by atoms with van der Waals surface area (Å²) in [5, 5.41) is 3.13. The maximum Gasteiger partial charge on any atom is 0.256 e. The SMILES string of the molecule is Cc1ccncc1C(=O)N1[C@@H]2CC[C@H]1CC(NC(=O)c1ccncc1)C2. The Hall–Kier alpha value is -2.76. The average Bonchev–Trinajstić information content (AvgIpc) is 2.93. The standard InChI is InChI=1S/C20H22N4O2/c1-13-4-7-22-12-18(13)20(26)24-16-2-3-17(24)11-15(10-16)23-19(25)14-5-8-21-9-6-14/h4-9,12,15-17H,2-3,10-11H2,1H3,(H,23,25)/t15?,16-,17+. The summed E-state index contributed by atoms with van der Waals surface area (Å²) < 4.78 is 0. The summed E-state index contributed by atoms with van der Waals surface area (Å²) in [6, 6.07) is 5.78. The predicted octanol–water partition coefficient (Wildman–Crippen LogP) is 2.35. The van der Waals surface area contributed by atoms with E-state index in [0.29, 0.717) is 11.1 Å². The Labute approximate surface area is 152 Å². The maximum absolute atomic E-state index is 13.0. The van der Waals surface area contributed by atoms with E-state index in [2.05, 4.69) is 15.3 Å². The molecule has 2 bridgehead atoms. The van der Waals surface area contributed by atoms with E-state index in [1.54, 1.807) is 36.9 Å². The zero-order valence-corrected chi connectivity index (χ0v) is 14.8. The quantitative estimate of drug-likeness (QED) is 0.922. The Morgan fingerprint density at radius 3 is 2.35 bits per heavy atom. The van der Waals surface area contributed by atoms with Gasteiger partial charge in [-0.1, -0.05) is 0 Å². The third kappa shape index (κ3) is 3.07. The summed E-state index contributed by atoms with van der Waals surface area (Å²) in [7, 11) is 0. The maximum atomic E-state index is 13.0. The van der Waals surface area contributed by atoms with Crippen LogP contribution in [0.2, 0.25) is 0 Å². The monoisotopic (exact) mass is 350 g/mol. The van der Waals surface area contributed by atoms with Crippen LogP contribution < -0.4 is 5.32 Å². The first-order valence-electron chi connectivity index (χ1n) is 9.07. The van der Waals surface area contributed by atoms with Crippen LogP contribution in [0.1, 0.15) is 52.0 Å². The molecule has 2 saturated heterocycles. The van der Waals surface area contributed by atoms with Crippen LogP contribution in [-0.2, 0) is 0 Å². The van der Waals surface area contributed by atoms with E-state index < -0.39 is 0 Å². The van der Waals surface area contributed by atoms with Crippen molar-refractivity contribution in [2.45, 2.75) is 50.7 Å². The number of rotatable bonds is 3. The average molecular weight is 350 g/mol. The van der Waals surface area contributed by atoms with E-state index in [4.69, 9.17) is 0 Å². The topological polar surface area (TPSA) is 75.2 Å². The molecule has 6 nitrogen and oxygen atoms in total. The van der Waals surface area contributed by atoms with Crippen molar-refractivity contribution in [3.05, 3.63) is 59.7 Å². The fourth-order valence-electron chi connectivity index (χ4n) is 4.23. The Morgan fingerprint density at radius 2 is 1.69 bits per heavy atom. The van der Waals surface area contributed by atoms with Crippen molar-refractivity contribution in [3.8, 4) is 0 Å². The summed E-state index contributed by atoms with van der Waals surface area (Å²) in [5.41, 5.74) is 2.26. The number of fused-ring (bicyclic) bond motifs is 2. The van der Waals surface area contributed by atoms with Crippen molar-refractivity contribution in [2.24, 2.45) is 0 Å². The third-order valence-electron chi connectivity index (χ3n) is 5.51. The Morgan fingerprint density at radius 1 is 1.04 bits per heavy atom. The third-order valence-corrected chi connectivity index (χ3v) is 5.51.